The lowest BCUT2D eigenvalue weighted by Crippen LogP contribution is -2.25. The maximum absolute atomic E-state index is 8.93. The number of aryl methyl sites for hydroxylation is 1. The van der Waals surface area contributed by atoms with Gasteiger partial charge in [-0.05, 0) is 44.9 Å². The summed E-state index contributed by atoms with van der Waals surface area (Å²) in [5.41, 5.74) is 0. The minimum absolute atomic E-state index is 0.298. The van der Waals surface area contributed by atoms with Gasteiger partial charge in [-0.2, -0.15) is 0 Å². The van der Waals surface area contributed by atoms with E-state index in [1.807, 2.05) is 11.3 Å². The number of thiophene rings is 1. The van der Waals surface area contributed by atoms with E-state index in [1.165, 1.54) is 9.75 Å². The number of hydrogen-bond acceptors (Lipinski definition) is 3. The van der Waals surface area contributed by atoms with Gasteiger partial charge in [-0.3, -0.25) is 0 Å². The Hall–Kier alpha value is -0.380. The second kappa shape index (κ2) is 7.05. The smallest absolute Gasteiger partial charge is 0.0434 e. The zero-order chi connectivity index (χ0) is 12.0. The lowest BCUT2D eigenvalue weighted by molar-refractivity contribution is 0.249. The highest BCUT2D eigenvalue weighted by Gasteiger charge is 2.10. The number of nitrogens with one attached hydrogen (secondary N) is 1. The highest BCUT2D eigenvalue weighted by Crippen LogP contribution is 2.22. The largest absolute Gasteiger partial charge is 0.396 e. The predicted octanol–water partition coefficient (Wildman–Crippen LogP) is 3.12. The van der Waals surface area contributed by atoms with E-state index in [0.717, 1.165) is 19.4 Å². The van der Waals surface area contributed by atoms with E-state index in [4.69, 9.17) is 5.11 Å². The molecular weight excluding hydrogens is 218 g/mol. The summed E-state index contributed by atoms with van der Waals surface area (Å²) in [6, 6.07) is 4.79. The summed E-state index contributed by atoms with van der Waals surface area (Å²) in [5.74, 6) is 0.591. The van der Waals surface area contributed by atoms with E-state index >= 15 is 0 Å². The molecule has 0 radical (unpaired) electrons. The first-order valence-electron chi connectivity index (χ1n) is 6.08. The average Bonchev–Trinajstić information content (AvgIpc) is 2.70. The molecule has 0 fully saturated rings. The van der Waals surface area contributed by atoms with Gasteiger partial charge in [0.05, 0.1) is 0 Å². The predicted molar refractivity (Wildman–Crippen MR) is 71.0 cm³/mol. The van der Waals surface area contributed by atoms with Gasteiger partial charge in [0.1, 0.15) is 0 Å². The molecule has 0 saturated carbocycles. The first kappa shape index (κ1) is 13.7. The van der Waals surface area contributed by atoms with E-state index in [1.54, 1.807) is 0 Å². The van der Waals surface area contributed by atoms with Crippen molar-refractivity contribution in [1.82, 2.24) is 5.32 Å². The molecule has 1 rings (SSSR count). The zero-order valence-electron chi connectivity index (χ0n) is 10.5. The molecular formula is C13H23NOS. The Kier molecular flexibility index (Phi) is 6.03. The van der Waals surface area contributed by atoms with Crippen LogP contribution in [0.5, 0.6) is 0 Å². The van der Waals surface area contributed by atoms with Gasteiger partial charge >= 0.3 is 0 Å². The number of rotatable bonds is 7. The number of aliphatic hydroxyl groups is 1. The molecule has 2 unspecified atom stereocenters. The van der Waals surface area contributed by atoms with Gasteiger partial charge in [0.25, 0.3) is 0 Å². The van der Waals surface area contributed by atoms with Crippen molar-refractivity contribution in [2.75, 3.05) is 13.2 Å². The normalized spacial score (nSPS) is 15.0. The highest BCUT2D eigenvalue weighted by molar-refractivity contribution is 7.12. The number of aliphatic hydroxyl groups excluding tert-OH is 1. The van der Waals surface area contributed by atoms with Crippen molar-refractivity contribution in [3.8, 4) is 0 Å². The third kappa shape index (κ3) is 4.24. The molecule has 0 spiro atoms. The lowest BCUT2D eigenvalue weighted by atomic mass is 10.0. The monoisotopic (exact) mass is 241 g/mol. The molecule has 0 aromatic carbocycles. The van der Waals surface area contributed by atoms with Crippen molar-refractivity contribution in [2.45, 2.75) is 39.7 Å². The van der Waals surface area contributed by atoms with Crippen molar-refractivity contribution >= 4 is 11.3 Å². The van der Waals surface area contributed by atoms with Crippen LogP contribution in [0.1, 0.15) is 42.5 Å². The van der Waals surface area contributed by atoms with Gasteiger partial charge in [-0.15, -0.1) is 11.3 Å². The van der Waals surface area contributed by atoms with Crippen LogP contribution in [0.15, 0.2) is 12.1 Å². The van der Waals surface area contributed by atoms with E-state index in [0.29, 0.717) is 18.6 Å². The van der Waals surface area contributed by atoms with Crippen LogP contribution in [0.2, 0.25) is 0 Å². The van der Waals surface area contributed by atoms with E-state index in [2.05, 4.69) is 38.2 Å². The molecule has 0 saturated heterocycles. The summed E-state index contributed by atoms with van der Waals surface area (Å²) < 4.78 is 0. The van der Waals surface area contributed by atoms with Gasteiger partial charge in [0, 0.05) is 22.4 Å². The van der Waals surface area contributed by atoms with Crippen molar-refractivity contribution < 1.29 is 5.11 Å². The van der Waals surface area contributed by atoms with Gasteiger partial charge in [-0.25, -0.2) is 0 Å². The summed E-state index contributed by atoms with van der Waals surface area (Å²) in [7, 11) is 0. The van der Waals surface area contributed by atoms with Crippen LogP contribution in [0.25, 0.3) is 0 Å². The Labute approximate surface area is 103 Å². The second-order valence-corrected chi connectivity index (χ2v) is 5.68. The first-order valence-corrected chi connectivity index (χ1v) is 6.89. The van der Waals surface area contributed by atoms with Crippen LogP contribution < -0.4 is 5.32 Å². The minimum Gasteiger partial charge on any atom is -0.396 e. The van der Waals surface area contributed by atoms with Crippen LogP contribution in [0, 0.1) is 12.8 Å². The molecule has 2 atom stereocenters. The van der Waals surface area contributed by atoms with E-state index < -0.39 is 0 Å². The Morgan fingerprint density at radius 1 is 1.44 bits per heavy atom. The molecule has 16 heavy (non-hydrogen) atoms. The zero-order valence-corrected chi connectivity index (χ0v) is 11.3. The fourth-order valence-corrected chi connectivity index (χ4v) is 2.67. The van der Waals surface area contributed by atoms with E-state index in [9.17, 15) is 0 Å². The topological polar surface area (TPSA) is 32.3 Å². The van der Waals surface area contributed by atoms with Crippen LogP contribution in [-0.2, 0) is 0 Å². The molecule has 3 heteroatoms. The summed E-state index contributed by atoms with van der Waals surface area (Å²) in [6.45, 7) is 7.82. The van der Waals surface area contributed by atoms with Crippen LogP contribution >= 0.6 is 11.3 Å². The standard InChI is InChI=1S/C13H23NOS/c1-4-12(7-8-15)9-14-11(3)13-6-5-10(2)16-13/h5-6,11-12,14-15H,4,7-9H2,1-3H3. The molecule has 0 aliphatic heterocycles. The van der Waals surface area contributed by atoms with Crippen molar-refractivity contribution in [2.24, 2.45) is 5.92 Å². The van der Waals surface area contributed by atoms with Gasteiger partial charge in [0.2, 0.25) is 0 Å². The quantitative estimate of drug-likeness (QED) is 0.769. The Balaban J connectivity index is 2.36. The summed E-state index contributed by atoms with van der Waals surface area (Å²) >= 11 is 1.86. The minimum atomic E-state index is 0.298. The molecule has 0 amide bonds. The molecule has 2 nitrogen and oxygen atoms in total. The Morgan fingerprint density at radius 2 is 2.19 bits per heavy atom. The highest BCUT2D eigenvalue weighted by atomic mass is 32.1. The Bertz CT molecular complexity index is 298. The summed E-state index contributed by atoms with van der Waals surface area (Å²) in [5, 5.41) is 12.5. The molecule has 1 aromatic rings. The fraction of sp³-hybridized carbons (Fsp3) is 0.692. The van der Waals surface area contributed by atoms with E-state index in [-0.39, 0.29) is 0 Å². The third-order valence-electron chi connectivity index (χ3n) is 3.02. The lowest BCUT2D eigenvalue weighted by Gasteiger charge is -2.18. The van der Waals surface area contributed by atoms with Gasteiger partial charge < -0.3 is 10.4 Å². The van der Waals surface area contributed by atoms with Gasteiger partial charge in [-0.1, -0.05) is 13.3 Å². The average molecular weight is 241 g/mol. The molecule has 1 heterocycles. The molecule has 0 aliphatic carbocycles. The maximum Gasteiger partial charge on any atom is 0.0434 e. The fourth-order valence-electron chi connectivity index (χ4n) is 1.76. The maximum atomic E-state index is 8.93. The molecule has 1 aromatic heterocycles. The second-order valence-electron chi connectivity index (χ2n) is 4.36. The van der Waals surface area contributed by atoms with Crippen LogP contribution in [0.4, 0.5) is 0 Å². The van der Waals surface area contributed by atoms with Crippen molar-refractivity contribution in [3.63, 3.8) is 0 Å². The molecule has 92 valence electrons. The van der Waals surface area contributed by atoms with Crippen molar-refractivity contribution in [1.29, 1.82) is 0 Å². The summed E-state index contributed by atoms with van der Waals surface area (Å²) in [6.07, 6.45) is 2.03. The SMILES string of the molecule is CCC(CCO)CNC(C)c1ccc(C)s1. The Morgan fingerprint density at radius 3 is 2.69 bits per heavy atom. The van der Waals surface area contributed by atoms with Gasteiger partial charge in [0.15, 0.2) is 0 Å². The molecule has 2 N–H and O–H groups in total. The third-order valence-corrected chi connectivity index (χ3v) is 4.20. The first-order chi connectivity index (χ1) is 7.67. The van der Waals surface area contributed by atoms with Crippen LogP contribution in [-0.4, -0.2) is 18.3 Å². The molecule has 0 aliphatic rings. The molecule has 0 bridgehead atoms. The van der Waals surface area contributed by atoms with Crippen molar-refractivity contribution in [3.05, 3.63) is 21.9 Å². The summed E-state index contributed by atoms with van der Waals surface area (Å²) in [4.78, 5) is 2.77. The van der Waals surface area contributed by atoms with Crippen LogP contribution in [0.3, 0.4) is 0 Å². The number of hydrogen-bond donors (Lipinski definition) is 2.